The van der Waals surface area contributed by atoms with Gasteiger partial charge >= 0.3 is 6.36 Å². The number of benzene rings is 2. The number of hydrogen-bond acceptors (Lipinski definition) is 2. The van der Waals surface area contributed by atoms with E-state index in [4.69, 9.17) is 5.73 Å². The van der Waals surface area contributed by atoms with Gasteiger partial charge in [-0.2, -0.15) is 0 Å². The Morgan fingerprint density at radius 3 is 2.05 bits per heavy atom. The second-order valence-electron chi connectivity index (χ2n) is 4.14. The Morgan fingerprint density at radius 1 is 0.947 bits per heavy atom. The molecule has 0 aromatic heterocycles. The minimum absolute atomic E-state index is 0.233. The molecule has 0 amide bonds. The van der Waals surface area contributed by atoms with E-state index in [1.54, 1.807) is 18.2 Å². The van der Waals surface area contributed by atoms with E-state index in [-0.39, 0.29) is 5.75 Å². The quantitative estimate of drug-likeness (QED) is 0.830. The lowest BCUT2D eigenvalue weighted by Crippen LogP contribution is -2.16. The Bertz CT molecular complexity index is 576. The highest BCUT2D eigenvalue weighted by atomic mass is 19.4. The van der Waals surface area contributed by atoms with Gasteiger partial charge in [-0.1, -0.05) is 18.2 Å². The fourth-order valence-corrected chi connectivity index (χ4v) is 1.70. The maximum Gasteiger partial charge on any atom is 0.573 e. The molecule has 0 aliphatic rings. The van der Waals surface area contributed by atoms with Crippen molar-refractivity contribution in [2.24, 2.45) is 0 Å². The molecule has 0 saturated carbocycles. The largest absolute Gasteiger partial charge is 0.573 e. The van der Waals surface area contributed by atoms with Crippen LogP contribution >= 0.6 is 0 Å². The number of nitrogens with two attached hydrogens (primary N) is 1. The molecule has 100 valence electrons. The van der Waals surface area contributed by atoms with Crippen LogP contribution in [0, 0.1) is 6.92 Å². The first-order valence-corrected chi connectivity index (χ1v) is 5.57. The molecular weight excluding hydrogens is 255 g/mol. The van der Waals surface area contributed by atoms with E-state index in [0.29, 0.717) is 5.69 Å². The van der Waals surface area contributed by atoms with E-state index in [1.165, 1.54) is 12.1 Å². The molecule has 0 fully saturated rings. The van der Waals surface area contributed by atoms with Crippen molar-refractivity contribution in [3.05, 3.63) is 48.0 Å². The van der Waals surface area contributed by atoms with E-state index >= 15 is 0 Å². The lowest BCUT2D eigenvalue weighted by molar-refractivity contribution is -0.274. The second-order valence-corrected chi connectivity index (χ2v) is 4.14. The highest BCUT2D eigenvalue weighted by Crippen LogP contribution is 2.27. The van der Waals surface area contributed by atoms with Crippen LogP contribution in [-0.2, 0) is 0 Å². The number of aryl methyl sites for hydroxylation is 1. The number of nitrogen functional groups attached to an aromatic ring is 1. The van der Waals surface area contributed by atoms with Crippen LogP contribution in [0.1, 0.15) is 5.56 Å². The van der Waals surface area contributed by atoms with Gasteiger partial charge < -0.3 is 10.5 Å². The van der Waals surface area contributed by atoms with Gasteiger partial charge in [-0.3, -0.25) is 0 Å². The average Bonchev–Trinajstić information content (AvgIpc) is 2.32. The van der Waals surface area contributed by atoms with Crippen LogP contribution in [0.25, 0.3) is 11.1 Å². The Hall–Kier alpha value is -2.17. The number of rotatable bonds is 2. The van der Waals surface area contributed by atoms with Crippen molar-refractivity contribution in [3.8, 4) is 16.9 Å². The van der Waals surface area contributed by atoms with E-state index in [2.05, 4.69) is 4.74 Å². The molecule has 0 aliphatic heterocycles. The summed E-state index contributed by atoms with van der Waals surface area (Å²) >= 11 is 0. The molecule has 5 heteroatoms. The number of hydrogen-bond donors (Lipinski definition) is 1. The molecule has 0 heterocycles. The summed E-state index contributed by atoms with van der Waals surface area (Å²) in [5.74, 6) is -0.233. The molecule has 2 aromatic rings. The summed E-state index contributed by atoms with van der Waals surface area (Å²) in [5.41, 5.74) is 9.02. The third kappa shape index (κ3) is 3.40. The maximum absolute atomic E-state index is 12.0. The first-order chi connectivity index (χ1) is 8.85. The summed E-state index contributed by atoms with van der Waals surface area (Å²) in [5, 5.41) is 0. The zero-order valence-electron chi connectivity index (χ0n) is 10.2. The molecule has 2 nitrogen and oxygen atoms in total. The molecule has 0 unspecified atom stereocenters. The van der Waals surface area contributed by atoms with Crippen LogP contribution in [-0.4, -0.2) is 6.36 Å². The lowest BCUT2D eigenvalue weighted by atomic mass is 10.0. The Kier molecular flexibility index (Phi) is 3.38. The Labute approximate surface area is 108 Å². The molecule has 2 N–H and O–H groups in total. The highest BCUT2D eigenvalue weighted by molar-refractivity contribution is 5.68. The van der Waals surface area contributed by atoms with Crippen LogP contribution < -0.4 is 10.5 Å². The van der Waals surface area contributed by atoms with E-state index in [1.807, 2.05) is 19.1 Å². The number of anilines is 1. The molecule has 0 aliphatic carbocycles. The number of ether oxygens (including phenoxy) is 1. The van der Waals surface area contributed by atoms with Crippen molar-refractivity contribution >= 4 is 5.69 Å². The van der Waals surface area contributed by atoms with Crippen molar-refractivity contribution in [1.82, 2.24) is 0 Å². The molecule has 0 spiro atoms. The fraction of sp³-hybridized carbons (Fsp3) is 0.143. The second kappa shape index (κ2) is 4.84. The zero-order chi connectivity index (χ0) is 14.0. The Balaban J connectivity index is 2.25. The monoisotopic (exact) mass is 267 g/mol. The molecule has 2 rings (SSSR count). The molecule has 2 aromatic carbocycles. The molecule has 0 radical (unpaired) electrons. The van der Waals surface area contributed by atoms with Crippen LogP contribution in [0.15, 0.2) is 42.5 Å². The number of halogens is 3. The van der Waals surface area contributed by atoms with Gasteiger partial charge in [0.2, 0.25) is 0 Å². The van der Waals surface area contributed by atoms with Crippen molar-refractivity contribution in [3.63, 3.8) is 0 Å². The fourth-order valence-electron chi connectivity index (χ4n) is 1.70. The van der Waals surface area contributed by atoms with Crippen LogP contribution in [0.4, 0.5) is 18.9 Å². The molecule has 0 saturated heterocycles. The predicted octanol–water partition coefficient (Wildman–Crippen LogP) is 4.14. The minimum atomic E-state index is -4.67. The maximum atomic E-state index is 12.0. The van der Waals surface area contributed by atoms with Crippen LogP contribution in [0.2, 0.25) is 0 Å². The standard InChI is InChI=1S/C14H12F3NO/c1-9-8-11(4-7-13(9)18)10-2-5-12(6-3-10)19-14(15,16)17/h2-8H,18H2,1H3. The first kappa shape index (κ1) is 13.3. The van der Waals surface area contributed by atoms with Gasteiger partial charge in [-0.05, 0) is 47.9 Å². The average molecular weight is 267 g/mol. The SMILES string of the molecule is Cc1cc(-c2ccc(OC(F)(F)F)cc2)ccc1N. The summed E-state index contributed by atoms with van der Waals surface area (Å²) < 4.78 is 39.9. The Morgan fingerprint density at radius 2 is 1.53 bits per heavy atom. The van der Waals surface area contributed by atoms with Crippen molar-refractivity contribution in [1.29, 1.82) is 0 Å². The van der Waals surface area contributed by atoms with Crippen molar-refractivity contribution < 1.29 is 17.9 Å². The van der Waals surface area contributed by atoms with Gasteiger partial charge in [0.05, 0.1) is 0 Å². The topological polar surface area (TPSA) is 35.2 Å². The number of alkyl halides is 3. The zero-order valence-corrected chi connectivity index (χ0v) is 10.2. The van der Waals surface area contributed by atoms with Gasteiger partial charge in [0.1, 0.15) is 5.75 Å². The predicted molar refractivity (Wildman–Crippen MR) is 67.7 cm³/mol. The van der Waals surface area contributed by atoms with Gasteiger partial charge in [0.25, 0.3) is 0 Å². The minimum Gasteiger partial charge on any atom is -0.406 e. The van der Waals surface area contributed by atoms with Crippen molar-refractivity contribution in [2.45, 2.75) is 13.3 Å². The van der Waals surface area contributed by atoms with E-state index in [9.17, 15) is 13.2 Å². The van der Waals surface area contributed by atoms with Gasteiger partial charge in [0.15, 0.2) is 0 Å². The molecular formula is C14H12F3NO. The molecule has 0 atom stereocenters. The summed E-state index contributed by atoms with van der Waals surface area (Å²) in [7, 11) is 0. The normalized spacial score (nSPS) is 11.4. The van der Waals surface area contributed by atoms with E-state index < -0.39 is 6.36 Å². The van der Waals surface area contributed by atoms with Gasteiger partial charge in [-0.25, -0.2) is 0 Å². The van der Waals surface area contributed by atoms with Gasteiger partial charge in [-0.15, -0.1) is 13.2 Å². The smallest absolute Gasteiger partial charge is 0.406 e. The summed E-state index contributed by atoms with van der Waals surface area (Å²) in [6.07, 6.45) is -4.67. The first-order valence-electron chi connectivity index (χ1n) is 5.57. The molecule has 0 bridgehead atoms. The lowest BCUT2D eigenvalue weighted by Gasteiger charge is -2.10. The van der Waals surface area contributed by atoms with Gasteiger partial charge in [0, 0.05) is 5.69 Å². The van der Waals surface area contributed by atoms with Crippen LogP contribution in [0.5, 0.6) is 5.75 Å². The molecule has 19 heavy (non-hydrogen) atoms. The van der Waals surface area contributed by atoms with Crippen LogP contribution in [0.3, 0.4) is 0 Å². The highest BCUT2D eigenvalue weighted by Gasteiger charge is 2.30. The third-order valence-electron chi connectivity index (χ3n) is 2.69. The van der Waals surface area contributed by atoms with Crippen molar-refractivity contribution in [2.75, 3.05) is 5.73 Å². The summed E-state index contributed by atoms with van der Waals surface area (Å²) in [6.45, 7) is 1.87. The summed E-state index contributed by atoms with van der Waals surface area (Å²) in [6, 6.07) is 11.2. The third-order valence-corrected chi connectivity index (χ3v) is 2.69. The summed E-state index contributed by atoms with van der Waals surface area (Å²) in [4.78, 5) is 0. The van der Waals surface area contributed by atoms with E-state index in [0.717, 1.165) is 16.7 Å².